The van der Waals surface area contributed by atoms with Crippen LogP contribution in [0, 0.1) is 17.5 Å². The zero-order chi connectivity index (χ0) is 18.7. The zero-order valence-electron chi connectivity index (χ0n) is 14.0. The highest BCUT2D eigenvalue weighted by Gasteiger charge is 2.25. The van der Waals surface area contributed by atoms with E-state index in [1.807, 2.05) is 30.3 Å². The summed E-state index contributed by atoms with van der Waals surface area (Å²) in [4.78, 5) is 14.3. The van der Waals surface area contributed by atoms with Crippen molar-refractivity contribution < 1.29 is 18.0 Å². The van der Waals surface area contributed by atoms with Crippen molar-refractivity contribution in [1.82, 2.24) is 4.90 Å². The lowest BCUT2D eigenvalue weighted by Gasteiger charge is -2.29. The molecule has 132 valence electrons. The van der Waals surface area contributed by atoms with Gasteiger partial charge in [0, 0.05) is 12.6 Å². The van der Waals surface area contributed by atoms with Crippen LogP contribution in [0.25, 0.3) is 0 Å². The summed E-state index contributed by atoms with van der Waals surface area (Å²) in [5.41, 5.74) is 1.56. The molecule has 0 aliphatic rings. The first-order valence-corrected chi connectivity index (χ1v) is 8.00. The van der Waals surface area contributed by atoms with E-state index < -0.39 is 23.6 Å². The molecule has 3 aromatic carbocycles. The highest BCUT2D eigenvalue weighted by Crippen LogP contribution is 2.29. The Hall–Kier alpha value is -3.08. The van der Waals surface area contributed by atoms with E-state index in [2.05, 4.69) is 0 Å². The van der Waals surface area contributed by atoms with Crippen molar-refractivity contribution in [2.45, 2.75) is 6.04 Å². The van der Waals surface area contributed by atoms with Gasteiger partial charge in [-0.25, -0.2) is 13.2 Å². The van der Waals surface area contributed by atoms with Crippen LogP contribution in [0.1, 0.15) is 27.5 Å². The molecule has 0 aliphatic carbocycles. The average Bonchev–Trinajstić information content (AvgIpc) is 2.66. The number of nitrogens with zero attached hydrogens (tertiary/aromatic N) is 1. The van der Waals surface area contributed by atoms with Gasteiger partial charge in [0.25, 0.3) is 5.91 Å². The highest BCUT2D eigenvalue weighted by molar-refractivity contribution is 5.94. The van der Waals surface area contributed by atoms with E-state index in [0.717, 1.165) is 17.7 Å². The minimum absolute atomic E-state index is 0.0365. The van der Waals surface area contributed by atoms with Crippen LogP contribution < -0.4 is 0 Å². The zero-order valence-corrected chi connectivity index (χ0v) is 14.0. The molecule has 0 saturated carbocycles. The molecule has 0 bridgehead atoms. The van der Waals surface area contributed by atoms with Crippen LogP contribution in [0.15, 0.2) is 72.8 Å². The second-order valence-corrected chi connectivity index (χ2v) is 5.91. The summed E-state index contributed by atoms with van der Waals surface area (Å²) in [6.45, 7) is 0. The fraction of sp³-hybridized carbons (Fsp3) is 0.0952. The Labute approximate surface area is 149 Å². The van der Waals surface area contributed by atoms with E-state index in [1.54, 1.807) is 19.2 Å². The molecule has 0 radical (unpaired) electrons. The van der Waals surface area contributed by atoms with Crippen molar-refractivity contribution in [2.24, 2.45) is 0 Å². The van der Waals surface area contributed by atoms with E-state index in [-0.39, 0.29) is 11.4 Å². The third-order valence-corrected chi connectivity index (χ3v) is 4.18. The smallest absolute Gasteiger partial charge is 0.254 e. The number of carbonyl (C=O) groups is 1. The molecule has 1 amide bonds. The molecule has 1 atom stereocenters. The number of carbonyl (C=O) groups excluding carboxylic acids is 1. The first kappa shape index (κ1) is 17.7. The topological polar surface area (TPSA) is 20.3 Å². The monoisotopic (exact) mass is 355 g/mol. The molecule has 0 aromatic heterocycles. The van der Waals surface area contributed by atoms with E-state index >= 15 is 0 Å². The summed E-state index contributed by atoms with van der Waals surface area (Å²) < 4.78 is 40.0. The highest BCUT2D eigenvalue weighted by atomic mass is 19.2. The molecule has 26 heavy (non-hydrogen) atoms. The number of amides is 1. The van der Waals surface area contributed by atoms with Gasteiger partial charge in [-0.1, -0.05) is 42.5 Å². The maximum absolute atomic E-state index is 13.5. The second kappa shape index (κ2) is 7.44. The van der Waals surface area contributed by atoms with Crippen molar-refractivity contribution in [1.29, 1.82) is 0 Å². The lowest BCUT2D eigenvalue weighted by molar-refractivity contribution is 0.0754. The van der Waals surface area contributed by atoms with Crippen molar-refractivity contribution in [3.05, 3.63) is 107 Å². The number of benzene rings is 3. The van der Waals surface area contributed by atoms with Crippen LogP contribution in [-0.2, 0) is 0 Å². The molecule has 0 spiro atoms. The van der Waals surface area contributed by atoms with Crippen molar-refractivity contribution >= 4 is 5.91 Å². The van der Waals surface area contributed by atoms with Crippen LogP contribution in [-0.4, -0.2) is 17.9 Å². The normalized spacial score (nSPS) is 11.8. The van der Waals surface area contributed by atoms with Gasteiger partial charge in [0.15, 0.2) is 11.6 Å². The predicted octanol–water partition coefficient (Wildman–Crippen LogP) is 4.97. The maximum atomic E-state index is 13.5. The molecule has 0 saturated heterocycles. The molecule has 0 fully saturated rings. The Morgan fingerprint density at radius 3 is 2.04 bits per heavy atom. The Morgan fingerprint density at radius 1 is 0.808 bits per heavy atom. The third-order valence-electron chi connectivity index (χ3n) is 4.18. The summed E-state index contributed by atoms with van der Waals surface area (Å²) in [6.07, 6.45) is 0. The maximum Gasteiger partial charge on any atom is 0.254 e. The molecule has 1 unspecified atom stereocenters. The molecular weight excluding hydrogens is 339 g/mol. The summed E-state index contributed by atoms with van der Waals surface area (Å²) in [5.74, 6) is -2.94. The van der Waals surface area contributed by atoms with Crippen LogP contribution >= 0.6 is 0 Å². The molecule has 0 N–H and O–H groups in total. The number of hydrogen-bond acceptors (Lipinski definition) is 1. The number of rotatable bonds is 4. The second-order valence-electron chi connectivity index (χ2n) is 5.91. The van der Waals surface area contributed by atoms with Gasteiger partial charge in [-0.2, -0.15) is 0 Å². The number of hydrogen-bond donors (Lipinski definition) is 0. The summed E-state index contributed by atoms with van der Waals surface area (Å²) in [6, 6.07) is 17.6. The average molecular weight is 355 g/mol. The first-order chi connectivity index (χ1) is 12.5. The van der Waals surface area contributed by atoms with Crippen LogP contribution in [0.2, 0.25) is 0 Å². The molecule has 5 heteroatoms. The van der Waals surface area contributed by atoms with Crippen molar-refractivity contribution in [2.75, 3.05) is 7.05 Å². The van der Waals surface area contributed by atoms with Crippen LogP contribution in [0.5, 0.6) is 0 Å². The van der Waals surface area contributed by atoms with Crippen molar-refractivity contribution in [3.63, 3.8) is 0 Å². The molecule has 2 nitrogen and oxygen atoms in total. The van der Waals surface area contributed by atoms with Crippen LogP contribution in [0.4, 0.5) is 13.2 Å². The summed E-state index contributed by atoms with van der Waals surface area (Å²) in [7, 11) is 1.57. The first-order valence-electron chi connectivity index (χ1n) is 8.00. The Bertz CT molecular complexity index is 910. The van der Waals surface area contributed by atoms with Gasteiger partial charge in [0.2, 0.25) is 0 Å². The fourth-order valence-electron chi connectivity index (χ4n) is 2.87. The fourth-order valence-corrected chi connectivity index (χ4v) is 2.87. The lowest BCUT2D eigenvalue weighted by Crippen LogP contribution is -2.32. The minimum atomic E-state index is -1.08. The third kappa shape index (κ3) is 3.61. The van der Waals surface area contributed by atoms with Gasteiger partial charge >= 0.3 is 0 Å². The van der Waals surface area contributed by atoms with E-state index in [4.69, 9.17) is 0 Å². The van der Waals surface area contributed by atoms with Gasteiger partial charge in [-0.05, 0) is 41.5 Å². The van der Waals surface area contributed by atoms with E-state index in [9.17, 15) is 18.0 Å². The quantitative estimate of drug-likeness (QED) is 0.647. The standard InChI is InChI=1S/C21H16F3NO/c1-25(21(26)16-9-12-18(23)19(24)13-16)20(14-5-3-2-4-6-14)15-7-10-17(22)11-8-15/h2-13,20H,1H3. The van der Waals surface area contributed by atoms with Gasteiger partial charge in [-0.15, -0.1) is 0 Å². The van der Waals surface area contributed by atoms with Crippen molar-refractivity contribution in [3.8, 4) is 0 Å². The van der Waals surface area contributed by atoms with E-state index in [1.165, 1.54) is 23.1 Å². The minimum Gasteiger partial charge on any atom is -0.331 e. The Balaban J connectivity index is 2.01. The van der Waals surface area contributed by atoms with Gasteiger partial charge in [0.1, 0.15) is 5.82 Å². The summed E-state index contributed by atoms with van der Waals surface area (Å²) in [5, 5.41) is 0. The van der Waals surface area contributed by atoms with Gasteiger partial charge in [-0.3, -0.25) is 4.79 Å². The molecule has 0 aliphatic heterocycles. The van der Waals surface area contributed by atoms with E-state index in [0.29, 0.717) is 5.56 Å². The molecule has 3 rings (SSSR count). The van der Waals surface area contributed by atoms with Gasteiger partial charge in [0.05, 0.1) is 6.04 Å². The van der Waals surface area contributed by atoms with Crippen LogP contribution in [0.3, 0.4) is 0 Å². The summed E-state index contributed by atoms with van der Waals surface area (Å²) >= 11 is 0. The molecule has 3 aromatic rings. The molecule has 0 heterocycles. The SMILES string of the molecule is CN(C(=O)c1ccc(F)c(F)c1)C(c1ccccc1)c1ccc(F)cc1. The van der Waals surface area contributed by atoms with Gasteiger partial charge < -0.3 is 4.90 Å². The Kier molecular flexibility index (Phi) is 5.07. The Morgan fingerprint density at radius 2 is 1.42 bits per heavy atom. The molecular formula is C21H16F3NO. The predicted molar refractivity (Wildman–Crippen MR) is 93.1 cm³/mol. The largest absolute Gasteiger partial charge is 0.331 e. The number of halogens is 3. The lowest BCUT2D eigenvalue weighted by atomic mass is 9.96.